The number of nitrogens with one attached hydrogen (secondary N) is 5. The maximum absolute atomic E-state index is 12.3. The van der Waals surface area contributed by atoms with E-state index in [-0.39, 0.29) is 58.1 Å². The van der Waals surface area contributed by atoms with Crippen molar-refractivity contribution in [3.8, 4) is 0 Å². The summed E-state index contributed by atoms with van der Waals surface area (Å²) in [6.07, 6.45) is -1.37. The summed E-state index contributed by atoms with van der Waals surface area (Å²) in [6, 6.07) is -2.92. The summed E-state index contributed by atoms with van der Waals surface area (Å²) in [5.74, 6) is -5.80. The molecule has 21 heteroatoms. The zero-order valence-corrected chi connectivity index (χ0v) is 25.6. The maximum atomic E-state index is 12.3. The Morgan fingerprint density at radius 3 is 2.00 bits per heavy atom. The normalized spacial score (nSPS) is 12.5. The number of hydrogen-bond donors (Lipinski definition) is 7. The quantitative estimate of drug-likeness (QED) is 0.0520. The van der Waals surface area contributed by atoms with Crippen LogP contribution >= 0.6 is 0 Å². The number of aliphatic carboxylic acids is 2. The van der Waals surface area contributed by atoms with Crippen molar-refractivity contribution in [2.45, 2.75) is 69.9 Å². The molecule has 0 spiro atoms. The van der Waals surface area contributed by atoms with Gasteiger partial charge in [-0.25, -0.2) is 23.1 Å². The highest BCUT2D eigenvalue weighted by Gasteiger charge is 2.25. The number of hydrogen-bond acceptors (Lipinski definition) is 13. The fourth-order valence-corrected chi connectivity index (χ4v) is 4.67. The second kappa shape index (κ2) is 21.5. The number of carbonyl (C=O) groups is 6. The Morgan fingerprint density at radius 2 is 1.42 bits per heavy atom. The number of tetrazole rings is 1. The lowest BCUT2D eigenvalue weighted by Crippen LogP contribution is -2.44. The first-order valence-electron chi connectivity index (χ1n) is 14.0. The number of nitrogens with zero attached hydrogens (tertiary/aromatic N) is 3. The van der Waals surface area contributed by atoms with E-state index in [1.165, 1.54) is 7.11 Å². The van der Waals surface area contributed by atoms with Crippen LogP contribution in [0, 0.1) is 0 Å². The molecule has 1 heterocycles. The van der Waals surface area contributed by atoms with Gasteiger partial charge in [-0.15, -0.1) is 5.10 Å². The molecule has 254 valence electrons. The average Bonchev–Trinajstić information content (AvgIpc) is 3.48. The summed E-state index contributed by atoms with van der Waals surface area (Å²) < 4.78 is 36.1. The van der Waals surface area contributed by atoms with Crippen molar-refractivity contribution in [2.75, 3.05) is 39.2 Å². The van der Waals surface area contributed by atoms with Crippen molar-refractivity contribution >= 4 is 45.6 Å². The van der Waals surface area contributed by atoms with Gasteiger partial charge in [0.1, 0.15) is 17.9 Å². The number of aromatic nitrogens is 4. The smallest absolute Gasteiger partial charge is 0.326 e. The molecule has 0 radical (unpaired) electrons. The number of carboxylic acid groups (broad SMARTS) is 2. The molecular weight excluding hydrogens is 624 g/mol. The Kier molecular flexibility index (Phi) is 18.5. The second-order valence-corrected chi connectivity index (χ2v) is 11.4. The van der Waals surface area contributed by atoms with Crippen molar-refractivity contribution in [1.29, 1.82) is 0 Å². The van der Waals surface area contributed by atoms with Gasteiger partial charge in [-0.3, -0.25) is 23.9 Å². The fourth-order valence-electron chi connectivity index (χ4n) is 3.59. The average molecular weight is 665 g/mol. The lowest BCUT2D eigenvalue weighted by Gasteiger charge is -2.17. The summed E-state index contributed by atoms with van der Waals surface area (Å²) in [4.78, 5) is 71.4. The van der Waals surface area contributed by atoms with Crippen LogP contribution in [0.4, 0.5) is 0 Å². The molecule has 45 heavy (non-hydrogen) atoms. The third-order valence-corrected chi connectivity index (χ3v) is 7.24. The summed E-state index contributed by atoms with van der Waals surface area (Å²) >= 11 is 0. The van der Waals surface area contributed by atoms with Gasteiger partial charge in [-0.05, 0) is 36.1 Å². The van der Waals surface area contributed by atoms with E-state index in [4.69, 9.17) is 9.47 Å². The Bertz CT molecular complexity index is 1210. The van der Waals surface area contributed by atoms with Gasteiger partial charge in [0.05, 0.1) is 25.6 Å². The van der Waals surface area contributed by atoms with Gasteiger partial charge in [-0.1, -0.05) is 0 Å². The topological polar surface area (TPSA) is 298 Å². The minimum absolute atomic E-state index is 0.108. The number of aromatic amines is 1. The van der Waals surface area contributed by atoms with Gasteiger partial charge < -0.3 is 35.6 Å². The highest BCUT2D eigenvalue weighted by atomic mass is 32.2. The molecule has 20 nitrogen and oxygen atoms in total. The number of H-pyrrole nitrogens is 1. The van der Waals surface area contributed by atoms with Crippen LogP contribution in [0.1, 0.15) is 57.2 Å². The first-order chi connectivity index (χ1) is 21.3. The lowest BCUT2D eigenvalue weighted by atomic mass is 10.1. The van der Waals surface area contributed by atoms with Crippen molar-refractivity contribution < 1.29 is 56.9 Å². The number of aryl methyl sites for hydroxylation is 1. The number of sulfonamides is 1. The van der Waals surface area contributed by atoms with Crippen molar-refractivity contribution in [1.82, 2.24) is 41.3 Å². The number of ether oxygens (including phenoxy) is 2. The molecule has 1 aromatic heterocycles. The van der Waals surface area contributed by atoms with Gasteiger partial charge in [0, 0.05) is 45.8 Å². The molecule has 2 atom stereocenters. The fraction of sp³-hybridized carbons (Fsp3) is 0.708. The molecule has 7 N–H and O–H groups in total. The molecule has 2 unspecified atom stereocenters. The van der Waals surface area contributed by atoms with Crippen LogP contribution in [0.15, 0.2) is 0 Å². The third kappa shape index (κ3) is 18.9. The molecule has 0 saturated carbocycles. The number of carboxylic acids is 2. The summed E-state index contributed by atoms with van der Waals surface area (Å²) in [5, 5.41) is 38.6. The zero-order chi connectivity index (χ0) is 33.7. The van der Waals surface area contributed by atoms with E-state index < -0.39 is 69.8 Å². The van der Waals surface area contributed by atoms with E-state index in [1.807, 2.05) is 4.72 Å². The molecule has 0 aliphatic carbocycles. The van der Waals surface area contributed by atoms with Gasteiger partial charge in [0.2, 0.25) is 33.7 Å². The second-order valence-electron chi connectivity index (χ2n) is 9.60. The molecule has 0 saturated heterocycles. The largest absolute Gasteiger partial charge is 0.480 e. The highest BCUT2D eigenvalue weighted by molar-refractivity contribution is 7.90. The van der Waals surface area contributed by atoms with Crippen molar-refractivity contribution in [3.05, 3.63) is 5.82 Å². The van der Waals surface area contributed by atoms with E-state index >= 15 is 0 Å². The van der Waals surface area contributed by atoms with E-state index in [0.717, 1.165) is 0 Å². The molecule has 1 aromatic rings. The van der Waals surface area contributed by atoms with E-state index in [1.54, 1.807) is 0 Å². The highest BCUT2D eigenvalue weighted by Crippen LogP contribution is 2.05. The van der Waals surface area contributed by atoms with Crippen LogP contribution in [-0.4, -0.2) is 126 Å². The summed E-state index contributed by atoms with van der Waals surface area (Å²) in [7, 11) is -2.53. The predicted molar refractivity (Wildman–Crippen MR) is 152 cm³/mol. The molecule has 4 amide bonds. The Labute approximate surface area is 258 Å². The molecule has 0 bridgehead atoms. The summed E-state index contributed by atoms with van der Waals surface area (Å²) in [5.41, 5.74) is 0. The van der Waals surface area contributed by atoms with Crippen LogP contribution in [0.2, 0.25) is 0 Å². The Balaban J connectivity index is 2.37. The Morgan fingerprint density at radius 1 is 0.822 bits per heavy atom. The van der Waals surface area contributed by atoms with Gasteiger partial charge >= 0.3 is 11.9 Å². The van der Waals surface area contributed by atoms with Gasteiger partial charge in [-0.2, -0.15) is 0 Å². The minimum atomic E-state index is -4.04. The zero-order valence-electron chi connectivity index (χ0n) is 24.8. The molecule has 0 aliphatic rings. The first-order valence-corrected chi connectivity index (χ1v) is 15.6. The van der Waals surface area contributed by atoms with Crippen LogP contribution < -0.4 is 20.7 Å². The first kappa shape index (κ1) is 38.8. The van der Waals surface area contributed by atoms with Crippen molar-refractivity contribution in [3.63, 3.8) is 0 Å². The van der Waals surface area contributed by atoms with Gasteiger partial charge in [0.25, 0.3) is 0 Å². The van der Waals surface area contributed by atoms with Crippen LogP contribution in [-0.2, 0) is 54.7 Å². The minimum Gasteiger partial charge on any atom is -0.480 e. The number of rotatable bonds is 25. The van der Waals surface area contributed by atoms with Gasteiger partial charge in [0.15, 0.2) is 0 Å². The SMILES string of the molecule is COCCOCCNC(=O)CCC(NC(=O)CCC(NC(=O)CCCS(=O)(=O)NC(=O)CCCc1nnn[nH]1)C(=O)O)C(=O)O. The molecule has 0 fully saturated rings. The Hall–Kier alpha value is -4.24. The maximum Gasteiger partial charge on any atom is 0.326 e. The summed E-state index contributed by atoms with van der Waals surface area (Å²) in [6.45, 7) is 1.18. The predicted octanol–water partition coefficient (Wildman–Crippen LogP) is -2.77. The molecular formula is C24H40N8O12S. The molecule has 1 rings (SSSR count). The van der Waals surface area contributed by atoms with Crippen molar-refractivity contribution in [2.24, 2.45) is 0 Å². The number of carbonyl (C=O) groups excluding carboxylic acids is 4. The number of methoxy groups -OCH3 is 1. The van der Waals surface area contributed by atoms with E-state index in [2.05, 4.69) is 36.6 Å². The monoisotopic (exact) mass is 664 g/mol. The van der Waals surface area contributed by atoms with Crippen LogP contribution in [0.3, 0.4) is 0 Å². The number of amides is 4. The standard InChI is InChI=1S/C24H40N8O12S/c1-43-13-14-44-12-11-25-19(33)9-7-16(23(37)38)27-21(35)10-8-17(24(39)40)26-20(34)6-3-15-45(41,42)30-22(36)5-2-4-18-28-31-32-29-18/h16-17H,2-15H2,1H3,(H,25,33)(H,26,34)(H,27,35)(H,30,36)(H,37,38)(H,39,40)(H,28,29,31,32). The van der Waals surface area contributed by atoms with E-state index in [9.17, 15) is 47.4 Å². The third-order valence-electron chi connectivity index (χ3n) is 5.88. The van der Waals surface area contributed by atoms with Crippen LogP contribution in [0.25, 0.3) is 0 Å². The van der Waals surface area contributed by atoms with E-state index in [0.29, 0.717) is 25.5 Å². The lowest BCUT2D eigenvalue weighted by molar-refractivity contribution is -0.143. The molecule has 0 aliphatic heterocycles. The molecule has 0 aromatic carbocycles. The van der Waals surface area contributed by atoms with Crippen LogP contribution in [0.5, 0.6) is 0 Å².